The molecule has 33 heavy (non-hydrogen) atoms. The van der Waals surface area contributed by atoms with E-state index in [0.29, 0.717) is 30.9 Å². The third-order valence-corrected chi connectivity index (χ3v) is 8.52. The SMILES string of the molecule is COc1ccc(OC)c([C@H]2CCCN2C(=O)C2CCN(S(=O)(=O)c3ccccc3F)CC2)c1. The predicted molar refractivity (Wildman–Crippen MR) is 121 cm³/mol. The summed E-state index contributed by atoms with van der Waals surface area (Å²) in [5.74, 6) is 0.422. The van der Waals surface area contributed by atoms with E-state index < -0.39 is 15.8 Å². The summed E-state index contributed by atoms with van der Waals surface area (Å²) in [4.78, 5) is 15.0. The van der Waals surface area contributed by atoms with Crippen LogP contribution in [0.2, 0.25) is 0 Å². The van der Waals surface area contributed by atoms with Crippen LogP contribution < -0.4 is 9.47 Å². The average Bonchev–Trinajstić information content (AvgIpc) is 3.33. The highest BCUT2D eigenvalue weighted by molar-refractivity contribution is 7.89. The molecular formula is C24H29FN2O5S. The zero-order valence-corrected chi connectivity index (χ0v) is 19.7. The molecule has 2 aromatic carbocycles. The number of likely N-dealkylation sites (tertiary alicyclic amines) is 1. The summed E-state index contributed by atoms with van der Waals surface area (Å²) in [6.07, 6.45) is 2.53. The molecular weight excluding hydrogens is 447 g/mol. The Kier molecular flexibility index (Phi) is 6.90. The Morgan fingerprint density at radius 2 is 1.73 bits per heavy atom. The van der Waals surface area contributed by atoms with Gasteiger partial charge in [-0.2, -0.15) is 4.31 Å². The van der Waals surface area contributed by atoms with E-state index in [4.69, 9.17) is 9.47 Å². The first-order valence-electron chi connectivity index (χ1n) is 11.1. The van der Waals surface area contributed by atoms with Crippen LogP contribution in [0.1, 0.15) is 37.3 Å². The molecule has 0 N–H and O–H groups in total. The van der Waals surface area contributed by atoms with Crippen molar-refractivity contribution < 1.29 is 27.1 Å². The first kappa shape index (κ1) is 23.5. The molecule has 1 atom stereocenters. The molecule has 2 saturated heterocycles. The van der Waals surface area contributed by atoms with Crippen LogP contribution >= 0.6 is 0 Å². The molecule has 9 heteroatoms. The molecule has 2 aromatic rings. The molecule has 0 saturated carbocycles. The zero-order chi connectivity index (χ0) is 23.6. The van der Waals surface area contributed by atoms with Crippen LogP contribution in [0, 0.1) is 11.7 Å². The molecule has 0 bridgehead atoms. The number of hydrogen-bond acceptors (Lipinski definition) is 5. The molecule has 2 fully saturated rings. The lowest BCUT2D eigenvalue weighted by atomic mass is 9.95. The van der Waals surface area contributed by atoms with Gasteiger partial charge in [-0.05, 0) is 56.0 Å². The van der Waals surface area contributed by atoms with Crippen LogP contribution in [-0.4, -0.2) is 57.4 Å². The van der Waals surface area contributed by atoms with E-state index in [9.17, 15) is 17.6 Å². The van der Waals surface area contributed by atoms with Gasteiger partial charge in [-0.1, -0.05) is 12.1 Å². The predicted octanol–water partition coefficient (Wildman–Crippen LogP) is 3.61. The summed E-state index contributed by atoms with van der Waals surface area (Å²) in [6.45, 7) is 1.03. The number of carbonyl (C=O) groups excluding carboxylic acids is 1. The van der Waals surface area contributed by atoms with Gasteiger partial charge in [0.15, 0.2) is 0 Å². The number of benzene rings is 2. The largest absolute Gasteiger partial charge is 0.497 e. The fourth-order valence-corrected chi connectivity index (χ4v) is 6.36. The Hall–Kier alpha value is -2.65. The van der Waals surface area contributed by atoms with Gasteiger partial charge in [-0.15, -0.1) is 0 Å². The average molecular weight is 477 g/mol. The second-order valence-electron chi connectivity index (χ2n) is 8.41. The quantitative estimate of drug-likeness (QED) is 0.637. The van der Waals surface area contributed by atoms with E-state index in [2.05, 4.69) is 0 Å². The lowest BCUT2D eigenvalue weighted by Crippen LogP contribution is -2.44. The maximum Gasteiger partial charge on any atom is 0.245 e. The van der Waals surface area contributed by atoms with E-state index in [1.165, 1.54) is 22.5 Å². The molecule has 0 spiro atoms. The molecule has 4 rings (SSSR count). The summed E-state index contributed by atoms with van der Waals surface area (Å²) in [5.41, 5.74) is 0.919. The molecule has 0 aliphatic carbocycles. The van der Waals surface area contributed by atoms with Crippen molar-refractivity contribution in [1.82, 2.24) is 9.21 Å². The summed E-state index contributed by atoms with van der Waals surface area (Å²) < 4.78 is 52.0. The number of halogens is 1. The van der Waals surface area contributed by atoms with Crippen LogP contribution in [-0.2, 0) is 14.8 Å². The number of rotatable bonds is 6. The standard InChI is InChI=1S/C24H29FN2O5S/c1-31-18-9-10-22(32-2)19(16-18)21-7-5-13-27(21)24(28)17-11-14-26(15-12-17)33(29,30)23-8-4-3-6-20(23)25/h3-4,6,8-10,16-17,21H,5,7,11-15H2,1-2H3/t21-/m1/s1. The highest BCUT2D eigenvalue weighted by atomic mass is 32.2. The summed E-state index contributed by atoms with van der Waals surface area (Å²) >= 11 is 0. The Balaban J connectivity index is 1.47. The Morgan fingerprint density at radius 3 is 2.39 bits per heavy atom. The number of amides is 1. The smallest absolute Gasteiger partial charge is 0.245 e. The third kappa shape index (κ3) is 4.56. The fraction of sp³-hybridized carbons (Fsp3) is 0.458. The number of ether oxygens (including phenoxy) is 2. The van der Waals surface area contributed by atoms with E-state index in [1.807, 2.05) is 23.1 Å². The molecule has 2 aliphatic rings. The maximum atomic E-state index is 14.1. The lowest BCUT2D eigenvalue weighted by molar-refractivity contribution is -0.137. The minimum absolute atomic E-state index is 0.0327. The number of sulfonamides is 1. The van der Waals surface area contributed by atoms with Crippen molar-refractivity contribution in [1.29, 1.82) is 0 Å². The minimum Gasteiger partial charge on any atom is -0.497 e. The lowest BCUT2D eigenvalue weighted by Gasteiger charge is -2.34. The van der Waals surface area contributed by atoms with E-state index in [1.54, 1.807) is 14.2 Å². The van der Waals surface area contributed by atoms with Gasteiger partial charge in [-0.3, -0.25) is 4.79 Å². The van der Waals surface area contributed by atoms with Gasteiger partial charge < -0.3 is 14.4 Å². The Bertz CT molecular complexity index is 1120. The summed E-state index contributed by atoms with van der Waals surface area (Å²) in [5, 5.41) is 0. The molecule has 7 nitrogen and oxygen atoms in total. The molecule has 0 radical (unpaired) electrons. The van der Waals surface area contributed by atoms with E-state index in [0.717, 1.165) is 24.5 Å². The van der Waals surface area contributed by atoms with E-state index >= 15 is 0 Å². The van der Waals surface area contributed by atoms with Crippen molar-refractivity contribution in [2.45, 2.75) is 36.6 Å². The van der Waals surface area contributed by atoms with Crippen molar-refractivity contribution in [3.05, 3.63) is 53.8 Å². The highest BCUT2D eigenvalue weighted by Gasteiger charge is 2.39. The number of piperidine rings is 1. The molecule has 0 aromatic heterocycles. The first-order valence-corrected chi connectivity index (χ1v) is 12.6. The number of hydrogen-bond donors (Lipinski definition) is 0. The number of methoxy groups -OCH3 is 2. The van der Waals surface area contributed by atoms with Gasteiger partial charge in [0.1, 0.15) is 22.2 Å². The van der Waals surface area contributed by atoms with Gasteiger partial charge >= 0.3 is 0 Å². The van der Waals surface area contributed by atoms with Gasteiger partial charge in [0.25, 0.3) is 0 Å². The van der Waals surface area contributed by atoms with Gasteiger partial charge in [0.2, 0.25) is 15.9 Å². The second kappa shape index (κ2) is 9.69. The van der Waals surface area contributed by atoms with Crippen molar-refractivity contribution in [3.63, 3.8) is 0 Å². The normalized spacial score (nSPS) is 20.1. The maximum absolute atomic E-state index is 14.1. The topological polar surface area (TPSA) is 76.2 Å². The van der Waals surface area contributed by atoms with Gasteiger partial charge in [0, 0.05) is 31.1 Å². The summed E-state index contributed by atoms with van der Waals surface area (Å²) in [6, 6.07) is 10.9. The Labute approximate surface area is 194 Å². The molecule has 0 unspecified atom stereocenters. The van der Waals surface area contributed by atoms with Crippen LogP contribution in [0.25, 0.3) is 0 Å². The van der Waals surface area contributed by atoms with Crippen molar-refractivity contribution in [3.8, 4) is 11.5 Å². The number of carbonyl (C=O) groups is 1. The van der Waals surface area contributed by atoms with Gasteiger partial charge in [-0.25, -0.2) is 12.8 Å². The Morgan fingerprint density at radius 1 is 1.00 bits per heavy atom. The molecule has 2 heterocycles. The van der Waals surface area contributed by atoms with Gasteiger partial charge in [0.05, 0.1) is 20.3 Å². The highest BCUT2D eigenvalue weighted by Crippen LogP contribution is 2.40. The van der Waals surface area contributed by atoms with Crippen molar-refractivity contribution >= 4 is 15.9 Å². The zero-order valence-electron chi connectivity index (χ0n) is 18.9. The summed E-state index contributed by atoms with van der Waals surface area (Å²) in [7, 11) is -0.716. The van der Waals surface area contributed by atoms with Crippen molar-refractivity contribution in [2.75, 3.05) is 33.9 Å². The third-order valence-electron chi connectivity index (χ3n) is 6.59. The molecule has 2 aliphatic heterocycles. The van der Waals surface area contributed by atoms with Crippen LogP contribution in [0.15, 0.2) is 47.4 Å². The first-order chi connectivity index (χ1) is 15.9. The van der Waals surface area contributed by atoms with Crippen LogP contribution in [0.5, 0.6) is 11.5 Å². The van der Waals surface area contributed by atoms with Crippen LogP contribution in [0.4, 0.5) is 4.39 Å². The minimum atomic E-state index is -3.93. The molecule has 1 amide bonds. The van der Waals surface area contributed by atoms with Crippen molar-refractivity contribution in [2.24, 2.45) is 5.92 Å². The van der Waals surface area contributed by atoms with E-state index in [-0.39, 0.29) is 35.9 Å². The number of nitrogens with zero attached hydrogens (tertiary/aromatic N) is 2. The second-order valence-corrected chi connectivity index (χ2v) is 10.3. The molecule has 178 valence electrons. The monoisotopic (exact) mass is 476 g/mol. The van der Waals surface area contributed by atoms with Crippen LogP contribution in [0.3, 0.4) is 0 Å². The fourth-order valence-electron chi connectivity index (χ4n) is 4.82.